The van der Waals surface area contributed by atoms with Gasteiger partial charge in [0.15, 0.2) is 0 Å². The third-order valence-corrected chi connectivity index (χ3v) is 4.14. The van der Waals surface area contributed by atoms with Gasteiger partial charge in [0.05, 0.1) is 6.42 Å². The highest BCUT2D eigenvalue weighted by molar-refractivity contribution is 5.76. The van der Waals surface area contributed by atoms with Crippen LogP contribution in [0.3, 0.4) is 0 Å². The van der Waals surface area contributed by atoms with Crippen molar-refractivity contribution in [3.05, 3.63) is 71.8 Å². The van der Waals surface area contributed by atoms with Gasteiger partial charge in [-0.3, -0.25) is 9.59 Å². The van der Waals surface area contributed by atoms with Gasteiger partial charge in [-0.25, -0.2) is 9.59 Å². The van der Waals surface area contributed by atoms with Gasteiger partial charge in [-0.1, -0.05) is 60.7 Å². The Bertz CT molecular complexity index is 890. The predicted molar refractivity (Wildman–Crippen MR) is 125 cm³/mol. The zero-order valence-corrected chi connectivity index (χ0v) is 19.4. The van der Waals surface area contributed by atoms with E-state index in [4.69, 9.17) is 14.6 Å². The molecule has 0 aliphatic rings. The minimum Gasteiger partial charge on any atom is -0.481 e. The molecule has 10 heteroatoms. The molecule has 0 aliphatic carbocycles. The van der Waals surface area contributed by atoms with E-state index in [1.54, 1.807) is 14.1 Å². The lowest BCUT2D eigenvalue weighted by Crippen LogP contribution is -2.30. The monoisotopic (exact) mass is 473 g/mol. The molecular formula is C24H31N3O7. The molecule has 184 valence electrons. The highest BCUT2D eigenvalue weighted by Gasteiger charge is 2.06. The van der Waals surface area contributed by atoms with Gasteiger partial charge in [0, 0.05) is 33.6 Å². The molecule has 0 saturated heterocycles. The second kappa shape index (κ2) is 16.5. The Labute approximate surface area is 198 Å². The number of rotatable bonds is 10. The summed E-state index contributed by atoms with van der Waals surface area (Å²) in [6.07, 6.45) is -0.955. The quantitative estimate of drug-likeness (QED) is 0.483. The Morgan fingerprint density at radius 3 is 1.53 bits per heavy atom. The molecule has 0 spiro atoms. The number of hydrogen-bond acceptors (Lipinski definition) is 6. The molecule has 0 fully saturated rings. The lowest BCUT2D eigenvalue weighted by molar-refractivity contribution is -0.136. The fourth-order valence-corrected chi connectivity index (χ4v) is 2.31. The van der Waals surface area contributed by atoms with Crippen molar-refractivity contribution in [1.29, 1.82) is 0 Å². The largest absolute Gasteiger partial charge is 0.481 e. The summed E-state index contributed by atoms with van der Waals surface area (Å²) in [7, 11) is 3.35. The van der Waals surface area contributed by atoms with E-state index in [0.29, 0.717) is 0 Å². The molecule has 0 radical (unpaired) electrons. The van der Waals surface area contributed by atoms with E-state index in [1.807, 2.05) is 60.7 Å². The summed E-state index contributed by atoms with van der Waals surface area (Å²) < 4.78 is 9.86. The van der Waals surface area contributed by atoms with Crippen molar-refractivity contribution in [2.45, 2.75) is 26.1 Å². The average molecular weight is 474 g/mol. The SMILES string of the molecule is CN(C)C(=O)CCNC(=O)OCc1ccccc1.O=C(O)CCNC(=O)OCc1ccccc1. The first kappa shape index (κ1) is 28.0. The molecule has 2 aromatic rings. The van der Waals surface area contributed by atoms with Gasteiger partial charge in [-0.05, 0) is 11.1 Å². The summed E-state index contributed by atoms with van der Waals surface area (Å²) in [6, 6.07) is 18.7. The molecule has 34 heavy (non-hydrogen) atoms. The van der Waals surface area contributed by atoms with Crippen LogP contribution < -0.4 is 10.6 Å². The first-order valence-corrected chi connectivity index (χ1v) is 10.6. The predicted octanol–water partition coefficient (Wildman–Crippen LogP) is 2.78. The molecule has 0 unspecified atom stereocenters. The molecule has 0 atom stereocenters. The van der Waals surface area contributed by atoms with Crippen LogP contribution in [0.4, 0.5) is 9.59 Å². The van der Waals surface area contributed by atoms with Crippen LogP contribution in [0.1, 0.15) is 24.0 Å². The third-order valence-electron chi connectivity index (χ3n) is 4.14. The van der Waals surface area contributed by atoms with Gasteiger partial charge in [0.25, 0.3) is 0 Å². The van der Waals surface area contributed by atoms with Crippen LogP contribution in [0.15, 0.2) is 60.7 Å². The average Bonchev–Trinajstić information content (AvgIpc) is 2.83. The lowest BCUT2D eigenvalue weighted by Gasteiger charge is -2.10. The van der Waals surface area contributed by atoms with Crippen LogP contribution in [0.2, 0.25) is 0 Å². The van der Waals surface area contributed by atoms with Crippen molar-refractivity contribution in [3.63, 3.8) is 0 Å². The van der Waals surface area contributed by atoms with Gasteiger partial charge < -0.3 is 30.1 Å². The van der Waals surface area contributed by atoms with Crippen LogP contribution in [0, 0.1) is 0 Å². The van der Waals surface area contributed by atoms with Gasteiger partial charge in [0.2, 0.25) is 5.91 Å². The van der Waals surface area contributed by atoms with Crippen LogP contribution >= 0.6 is 0 Å². The molecule has 3 N–H and O–H groups in total. The standard InChI is InChI=1S/C13H18N2O3.C11H13NO4/c1-15(2)12(16)8-9-14-13(17)18-10-11-6-4-3-5-7-11;13-10(14)6-7-12-11(15)16-8-9-4-2-1-3-5-9/h3-7H,8-10H2,1-2H3,(H,14,17);1-5H,6-8H2,(H,12,15)(H,13,14). The van der Waals surface area contributed by atoms with Crippen LogP contribution in [0.25, 0.3) is 0 Å². The van der Waals surface area contributed by atoms with Crippen molar-refractivity contribution in [2.75, 3.05) is 27.2 Å². The number of nitrogens with one attached hydrogen (secondary N) is 2. The van der Waals surface area contributed by atoms with Crippen LogP contribution in [-0.4, -0.2) is 61.3 Å². The van der Waals surface area contributed by atoms with E-state index in [9.17, 15) is 19.2 Å². The number of benzene rings is 2. The number of amides is 3. The number of carbonyl (C=O) groups excluding carboxylic acids is 3. The summed E-state index contributed by atoms with van der Waals surface area (Å²) in [5.41, 5.74) is 1.81. The van der Waals surface area contributed by atoms with Crippen molar-refractivity contribution in [1.82, 2.24) is 15.5 Å². The normalized spacial score (nSPS) is 9.59. The van der Waals surface area contributed by atoms with Crippen molar-refractivity contribution >= 4 is 24.1 Å². The lowest BCUT2D eigenvalue weighted by atomic mass is 10.2. The van der Waals surface area contributed by atoms with E-state index in [1.165, 1.54) is 4.90 Å². The molecule has 2 rings (SSSR count). The number of carboxylic acids is 1. The molecule has 0 bridgehead atoms. The molecule has 2 aromatic carbocycles. The Morgan fingerprint density at radius 2 is 1.15 bits per heavy atom. The number of hydrogen-bond donors (Lipinski definition) is 3. The van der Waals surface area contributed by atoms with Crippen LogP contribution in [-0.2, 0) is 32.3 Å². The summed E-state index contributed by atoms with van der Waals surface area (Å²) >= 11 is 0. The van der Waals surface area contributed by atoms with E-state index < -0.39 is 18.2 Å². The minimum absolute atomic E-state index is 0.0293. The highest BCUT2D eigenvalue weighted by atomic mass is 16.6. The highest BCUT2D eigenvalue weighted by Crippen LogP contribution is 2.01. The number of carboxylic acid groups (broad SMARTS) is 1. The van der Waals surface area contributed by atoms with E-state index in [0.717, 1.165) is 11.1 Å². The molecular weight excluding hydrogens is 442 g/mol. The fourth-order valence-electron chi connectivity index (χ4n) is 2.31. The molecule has 3 amide bonds. The summed E-state index contributed by atoms with van der Waals surface area (Å²) in [5.74, 6) is -0.985. The molecule has 0 aliphatic heterocycles. The van der Waals surface area contributed by atoms with E-state index >= 15 is 0 Å². The molecule has 0 aromatic heterocycles. The van der Waals surface area contributed by atoms with Crippen molar-refractivity contribution < 1.29 is 33.8 Å². The Kier molecular flexibility index (Phi) is 13.6. The first-order valence-electron chi connectivity index (χ1n) is 10.6. The number of nitrogens with zero attached hydrogens (tertiary/aromatic N) is 1. The Balaban J connectivity index is 0.000000342. The Hall–Kier alpha value is -4.08. The summed E-state index contributed by atoms with van der Waals surface area (Å²) in [4.78, 5) is 45.3. The van der Waals surface area contributed by atoms with Gasteiger partial charge in [-0.2, -0.15) is 0 Å². The van der Waals surface area contributed by atoms with Crippen LogP contribution in [0.5, 0.6) is 0 Å². The maximum absolute atomic E-state index is 11.3. The Morgan fingerprint density at radius 1 is 0.735 bits per heavy atom. The van der Waals surface area contributed by atoms with E-state index in [-0.39, 0.29) is 45.1 Å². The van der Waals surface area contributed by atoms with Crippen molar-refractivity contribution in [2.24, 2.45) is 0 Å². The summed E-state index contributed by atoms with van der Waals surface area (Å²) in [6.45, 7) is 0.766. The molecule has 0 saturated carbocycles. The van der Waals surface area contributed by atoms with Crippen molar-refractivity contribution in [3.8, 4) is 0 Å². The van der Waals surface area contributed by atoms with Gasteiger partial charge in [-0.15, -0.1) is 0 Å². The number of carbonyl (C=O) groups is 4. The van der Waals surface area contributed by atoms with E-state index in [2.05, 4.69) is 10.6 Å². The zero-order chi connectivity index (χ0) is 25.2. The number of aliphatic carboxylic acids is 1. The third kappa shape index (κ3) is 14.1. The topological polar surface area (TPSA) is 134 Å². The van der Waals surface area contributed by atoms with Gasteiger partial charge >= 0.3 is 18.2 Å². The number of alkyl carbamates (subject to hydrolysis) is 2. The fraction of sp³-hybridized carbons (Fsp3) is 0.333. The zero-order valence-electron chi connectivity index (χ0n) is 19.4. The first-order chi connectivity index (χ1) is 16.3. The second-order valence-corrected chi connectivity index (χ2v) is 7.16. The maximum Gasteiger partial charge on any atom is 0.407 e. The summed E-state index contributed by atoms with van der Waals surface area (Å²) in [5, 5.41) is 13.2. The number of ether oxygens (including phenoxy) is 2. The molecule has 10 nitrogen and oxygen atoms in total. The second-order valence-electron chi connectivity index (χ2n) is 7.16. The molecule has 0 heterocycles. The smallest absolute Gasteiger partial charge is 0.407 e. The minimum atomic E-state index is -0.955. The van der Waals surface area contributed by atoms with Gasteiger partial charge in [0.1, 0.15) is 13.2 Å². The maximum atomic E-state index is 11.3.